The Morgan fingerprint density at radius 1 is 1.44 bits per heavy atom. The van der Waals surface area contributed by atoms with Crippen molar-refractivity contribution in [3.8, 4) is 6.01 Å². The zero-order chi connectivity index (χ0) is 12.5. The number of nitrogens with one attached hydrogen (secondary N) is 2. The van der Waals surface area contributed by atoms with Crippen molar-refractivity contribution in [2.75, 3.05) is 26.9 Å². The highest BCUT2D eigenvalue weighted by Gasteiger charge is 2.21. The van der Waals surface area contributed by atoms with E-state index in [2.05, 4.69) is 20.3 Å². The highest BCUT2D eigenvalue weighted by atomic mass is 16.5. The third-order valence-electron chi connectivity index (χ3n) is 3.20. The molecule has 3 rings (SSSR count). The molecule has 1 atom stereocenters. The van der Waals surface area contributed by atoms with Crippen LogP contribution in [0.25, 0.3) is 11.0 Å². The molecule has 1 saturated heterocycles. The van der Waals surface area contributed by atoms with Crippen LogP contribution in [0.4, 0.5) is 0 Å². The van der Waals surface area contributed by atoms with Gasteiger partial charge in [-0.05, 0) is 6.92 Å². The van der Waals surface area contributed by atoms with Gasteiger partial charge in [0.25, 0.3) is 0 Å². The number of aryl methyl sites for hydroxylation is 1. The Morgan fingerprint density at radius 2 is 2.33 bits per heavy atom. The van der Waals surface area contributed by atoms with E-state index in [-0.39, 0.29) is 6.04 Å². The maximum Gasteiger partial charge on any atom is 0.318 e. The lowest BCUT2D eigenvalue weighted by Gasteiger charge is -2.23. The molecule has 2 aromatic heterocycles. The van der Waals surface area contributed by atoms with Gasteiger partial charge in [-0.3, -0.25) is 0 Å². The molecule has 0 aromatic carbocycles. The lowest BCUT2D eigenvalue weighted by molar-refractivity contribution is 0.0773. The molecule has 2 aromatic rings. The fourth-order valence-electron chi connectivity index (χ4n) is 2.35. The van der Waals surface area contributed by atoms with Gasteiger partial charge in [0.1, 0.15) is 5.65 Å². The van der Waals surface area contributed by atoms with Gasteiger partial charge in [-0.2, -0.15) is 9.97 Å². The summed E-state index contributed by atoms with van der Waals surface area (Å²) in [5, 5.41) is 4.49. The average Bonchev–Trinajstić information content (AvgIpc) is 2.84. The quantitative estimate of drug-likeness (QED) is 0.827. The summed E-state index contributed by atoms with van der Waals surface area (Å²) in [7, 11) is 1.57. The fourth-order valence-corrected chi connectivity index (χ4v) is 2.35. The first-order chi connectivity index (χ1) is 8.79. The van der Waals surface area contributed by atoms with E-state index in [9.17, 15) is 0 Å². The molecule has 1 unspecified atom stereocenters. The van der Waals surface area contributed by atoms with Crippen molar-refractivity contribution in [3.05, 3.63) is 17.5 Å². The normalized spacial score (nSPS) is 20.2. The molecule has 0 spiro atoms. The second kappa shape index (κ2) is 4.55. The van der Waals surface area contributed by atoms with Gasteiger partial charge in [0.05, 0.1) is 32.1 Å². The lowest BCUT2D eigenvalue weighted by atomic mass is 10.1. The SMILES string of the molecule is COc1nc(C)c2c(C3COCCN3)c[nH]c2n1. The molecule has 1 aliphatic heterocycles. The first-order valence-corrected chi connectivity index (χ1v) is 6.00. The summed E-state index contributed by atoms with van der Waals surface area (Å²) in [4.78, 5) is 11.8. The smallest absolute Gasteiger partial charge is 0.318 e. The molecule has 0 aliphatic carbocycles. The minimum atomic E-state index is 0.197. The van der Waals surface area contributed by atoms with E-state index in [1.165, 1.54) is 0 Å². The molecule has 1 aliphatic rings. The van der Waals surface area contributed by atoms with E-state index in [1.807, 2.05) is 13.1 Å². The zero-order valence-electron chi connectivity index (χ0n) is 10.5. The van der Waals surface area contributed by atoms with Crippen molar-refractivity contribution in [2.24, 2.45) is 0 Å². The second-order valence-electron chi connectivity index (χ2n) is 4.34. The van der Waals surface area contributed by atoms with Crippen LogP contribution >= 0.6 is 0 Å². The number of aromatic amines is 1. The molecule has 2 N–H and O–H groups in total. The Kier molecular flexibility index (Phi) is 2.89. The average molecular weight is 248 g/mol. The van der Waals surface area contributed by atoms with Crippen LogP contribution in [0.2, 0.25) is 0 Å². The van der Waals surface area contributed by atoms with Crippen molar-refractivity contribution in [1.29, 1.82) is 0 Å². The summed E-state index contributed by atoms with van der Waals surface area (Å²) >= 11 is 0. The minimum Gasteiger partial charge on any atom is -0.467 e. The monoisotopic (exact) mass is 248 g/mol. The Morgan fingerprint density at radius 3 is 3.06 bits per heavy atom. The van der Waals surface area contributed by atoms with Gasteiger partial charge in [-0.25, -0.2) is 0 Å². The van der Waals surface area contributed by atoms with Crippen LogP contribution in [0.3, 0.4) is 0 Å². The maximum absolute atomic E-state index is 5.50. The van der Waals surface area contributed by atoms with Crippen LogP contribution < -0.4 is 10.1 Å². The van der Waals surface area contributed by atoms with Gasteiger partial charge >= 0.3 is 6.01 Å². The van der Waals surface area contributed by atoms with E-state index < -0.39 is 0 Å². The number of rotatable bonds is 2. The number of fused-ring (bicyclic) bond motifs is 1. The molecule has 0 amide bonds. The molecule has 1 fully saturated rings. The van der Waals surface area contributed by atoms with Gasteiger partial charge in [-0.15, -0.1) is 0 Å². The predicted octanol–water partition coefficient (Wildman–Crippen LogP) is 0.936. The summed E-state index contributed by atoms with van der Waals surface area (Å²) in [5.74, 6) is 0. The van der Waals surface area contributed by atoms with Crippen LogP contribution in [0.1, 0.15) is 17.3 Å². The summed E-state index contributed by atoms with van der Waals surface area (Å²) in [6.45, 7) is 4.28. The van der Waals surface area contributed by atoms with Gasteiger partial charge < -0.3 is 19.8 Å². The fraction of sp³-hybridized carbons (Fsp3) is 0.500. The van der Waals surface area contributed by atoms with Crippen LogP contribution in [-0.2, 0) is 4.74 Å². The van der Waals surface area contributed by atoms with E-state index >= 15 is 0 Å². The summed E-state index contributed by atoms with van der Waals surface area (Å²) in [6, 6.07) is 0.587. The Bertz CT molecular complexity index is 560. The van der Waals surface area contributed by atoms with Gasteiger partial charge in [0.2, 0.25) is 0 Å². The number of H-pyrrole nitrogens is 1. The largest absolute Gasteiger partial charge is 0.467 e. The standard InChI is InChI=1S/C12H16N4O2/c1-7-10-8(9-6-18-4-3-13-9)5-14-11(10)16-12(15-7)17-2/h5,9,13H,3-4,6H2,1-2H3,(H,14,15,16). The zero-order valence-corrected chi connectivity index (χ0v) is 10.5. The van der Waals surface area contributed by atoms with Crippen LogP contribution in [0, 0.1) is 6.92 Å². The third kappa shape index (κ3) is 1.83. The van der Waals surface area contributed by atoms with Crippen LogP contribution in [-0.4, -0.2) is 41.8 Å². The first kappa shape index (κ1) is 11.4. The number of methoxy groups -OCH3 is 1. The summed E-state index contributed by atoms with van der Waals surface area (Å²) in [5.41, 5.74) is 2.88. The van der Waals surface area contributed by atoms with Crippen molar-refractivity contribution < 1.29 is 9.47 Å². The van der Waals surface area contributed by atoms with Gasteiger partial charge in [0.15, 0.2) is 0 Å². The Balaban J connectivity index is 2.07. The highest BCUT2D eigenvalue weighted by molar-refractivity contribution is 5.83. The lowest BCUT2D eigenvalue weighted by Crippen LogP contribution is -2.34. The number of ether oxygens (including phenoxy) is 2. The Hall–Kier alpha value is -1.66. The van der Waals surface area contributed by atoms with E-state index in [0.717, 1.165) is 35.4 Å². The molecule has 96 valence electrons. The Labute approximate surface area is 105 Å². The second-order valence-corrected chi connectivity index (χ2v) is 4.34. The molecule has 6 nitrogen and oxygen atoms in total. The topological polar surface area (TPSA) is 72.1 Å². The van der Waals surface area contributed by atoms with Gasteiger partial charge in [0, 0.05) is 23.7 Å². The van der Waals surface area contributed by atoms with E-state index in [1.54, 1.807) is 7.11 Å². The number of morpholine rings is 1. The predicted molar refractivity (Wildman–Crippen MR) is 66.7 cm³/mol. The summed E-state index contributed by atoms with van der Waals surface area (Å²) < 4.78 is 10.6. The third-order valence-corrected chi connectivity index (χ3v) is 3.20. The first-order valence-electron chi connectivity index (χ1n) is 6.00. The minimum absolute atomic E-state index is 0.197. The highest BCUT2D eigenvalue weighted by Crippen LogP contribution is 2.27. The number of nitrogens with zero attached hydrogens (tertiary/aromatic N) is 2. The number of hydrogen-bond acceptors (Lipinski definition) is 5. The van der Waals surface area contributed by atoms with Crippen molar-refractivity contribution in [2.45, 2.75) is 13.0 Å². The molecule has 3 heterocycles. The molecule has 0 saturated carbocycles. The van der Waals surface area contributed by atoms with Crippen molar-refractivity contribution in [1.82, 2.24) is 20.3 Å². The molecular weight excluding hydrogens is 232 g/mol. The number of hydrogen-bond donors (Lipinski definition) is 2. The molecular formula is C12H16N4O2. The maximum atomic E-state index is 5.50. The van der Waals surface area contributed by atoms with Crippen LogP contribution in [0.5, 0.6) is 6.01 Å². The summed E-state index contributed by atoms with van der Waals surface area (Å²) in [6.07, 6.45) is 1.97. The molecule has 0 bridgehead atoms. The van der Waals surface area contributed by atoms with E-state index in [4.69, 9.17) is 9.47 Å². The van der Waals surface area contributed by atoms with Gasteiger partial charge in [-0.1, -0.05) is 0 Å². The molecule has 6 heteroatoms. The van der Waals surface area contributed by atoms with Crippen molar-refractivity contribution in [3.63, 3.8) is 0 Å². The van der Waals surface area contributed by atoms with Crippen molar-refractivity contribution >= 4 is 11.0 Å². The van der Waals surface area contributed by atoms with Crippen LogP contribution in [0.15, 0.2) is 6.20 Å². The molecule has 18 heavy (non-hydrogen) atoms. The number of aromatic nitrogens is 3. The molecule has 0 radical (unpaired) electrons. The van der Waals surface area contributed by atoms with E-state index in [0.29, 0.717) is 12.6 Å².